The Bertz CT molecular complexity index is 915. The first kappa shape index (κ1) is 17.3. The number of benzene rings is 2. The lowest BCUT2D eigenvalue weighted by molar-refractivity contribution is 0.0697. The molecule has 1 heterocycles. The average Bonchev–Trinajstić information content (AvgIpc) is 2.59. The molecule has 0 aromatic heterocycles. The summed E-state index contributed by atoms with van der Waals surface area (Å²) < 4.78 is 0. The second-order valence-electron chi connectivity index (χ2n) is 6.63. The molecular formula is C21H19NO2S. The van der Waals surface area contributed by atoms with Gasteiger partial charge in [0.15, 0.2) is 0 Å². The third-order valence-corrected chi connectivity index (χ3v) is 4.99. The van der Waals surface area contributed by atoms with Gasteiger partial charge in [-0.05, 0) is 59.7 Å². The third-order valence-electron chi connectivity index (χ3n) is 4.28. The molecule has 2 aromatic carbocycles. The van der Waals surface area contributed by atoms with Crippen LogP contribution < -0.4 is 0 Å². The van der Waals surface area contributed by atoms with Crippen LogP contribution in [0.15, 0.2) is 47.5 Å². The van der Waals surface area contributed by atoms with Crippen LogP contribution in [0.2, 0.25) is 0 Å². The van der Waals surface area contributed by atoms with Crippen LogP contribution >= 0.6 is 11.8 Å². The van der Waals surface area contributed by atoms with Crippen LogP contribution in [0.1, 0.15) is 47.3 Å². The van der Waals surface area contributed by atoms with E-state index in [9.17, 15) is 4.79 Å². The summed E-state index contributed by atoms with van der Waals surface area (Å²) >= 11 is 1.71. The maximum absolute atomic E-state index is 10.9. The van der Waals surface area contributed by atoms with E-state index in [-0.39, 0.29) is 11.0 Å². The Kier molecular flexibility index (Phi) is 4.69. The van der Waals surface area contributed by atoms with Crippen molar-refractivity contribution in [3.63, 3.8) is 0 Å². The van der Waals surface area contributed by atoms with Crippen molar-refractivity contribution < 1.29 is 9.90 Å². The minimum atomic E-state index is -0.929. The first-order valence-electron chi connectivity index (χ1n) is 8.00. The molecule has 0 fully saturated rings. The Balaban J connectivity index is 1.91. The number of carbonyl (C=O) groups is 1. The zero-order valence-electron chi connectivity index (χ0n) is 14.5. The molecule has 0 spiro atoms. The Labute approximate surface area is 152 Å². The monoisotopic (exact) mass is 349 g/mol. The standard InChI is InChI=1S/C21H19NO2S/c1-21(2)13-19(25-3)22-18-11-8-15(12-17(18)21)5-4-14-6-9-16(10-7-14)20(23)24/h6-12H,13H2,1-3H3,(H,23,24). The summed E-state index contributed by atoms with van der Waals surface area (Å²) in [5.41, 5.74) is 4.29. The lowest BCUT2D eigenvalue weighted by atomic mass is 9.79. The molecule has 2 aromatic rings. The third kappa shape index (κ3) is 3.78. The summed E-state index contributed by atoms with van der Waals surface area (Å²) in [6.45, 7) is 4.47. The molecule has 0 bridgehead atoms. The van der Waals surface area contributed by atoms with Gasteiger partial charge in [-0.15, -0.1) is 11.8 Å². The van der Waals surface area contributed by atoms with E-state index < -0.39 is 5.97 Å². The Morgan fingerprint density at radius 1 is 1.12 bits per heavy atom. The molecule has 0 radical (unpaired) electrons. The van der Waals surface area contributed by atoms with Gasteiger partial charge in [0.05, 0.1) is 16.3 Å². The SMILES string of the molecule is CSC1=Nc2ccc(C#Cc3ccc(C(=O)O)cc3)cc2C(C)(C)C1. The fraction of sp³-hybridized carbons (Fsp3) is 0.238. The number of thioether (sulfide) groups is 1. The molecule has 1 aliphatic heterocycles. The van der Waals surface area contributed by atoms with Gasteiger partial charge in [-0.1, -0.05) is 25.7 Å². The van der Waals surface area contributed by atoms with Gasteiger partial charge in [0.25, 0.3) is 0 Å². The Morgan fingerprint density at radius 3 is 2.40 bits per heavy atom. The van der Waals surface area contributed by atoms with Gasteiger partial charge in [-0.2, -0.15) is 0 Å². The molecule has 0 aliphatic carbocycles. The predicted molar refractivity (Wildman–Crippen MR) is 104 cm³/mol. The first-order valence-corrected chi connectivity index (χ1v) is 9.23. The van der Waals surface area contributed by atoms with Crippen LogP contribution in [-0.4, -0.2) is 22.4 Å². The van der Waals surface area contributed by atoms with Crippen molar-refractivity contribution in [2.24, 2.45) is 4.99 Å². The highest BCUT2D eigenvalue weighted by atomic mass is 32.2. The van der Waals surface area contributed by atoms with Gasteiger partial charge < -0.3 is 5.11 Å². The lowest BCUT2D eigenvalue weighted by Crippen LogP contribution is -2.24. The number of rotatable bonds is 1. The summed E-state index contributed by atoms with van der Waals surface area (Å²) in [6.07, 6.45) is 3.00. The van der Waals surface area contributed by atoms with Crippen molar-refractivity contribution >= 4 is 28.5 Å². The van der Waals surface area contributed by atoms with Gasteiger partial charge in [-0.3, -0.25) is 0 Å². The van der Waals surface area contributed by atoms with E-state index in [1.165, 1.54) is 5.56 Å². The van der Waals surface area contributed by atoms with Crippen molar-refractivity contribution in [2.75, 3.05) is 6.26 Å². The van der Waals surface area contributed by atoms with E-state index in [2.05, 4.69) is 38.0 Å². The van der Waals surface area contributed by atoms with Crippen LogP contribution in [-0.2, 0) is 5.41 Å². The van der Waals surface area contributed by atoms with Gasteiger partial charge in [-0.25, -0.2) is 9.79 Å². The number of carboxylic acids is 1. The lowest BCUT2D eigenvalue weighted by Gasteiger charge is -2.31. The summed E-state index contributed by atoms with van der Waals surface area (Å²) in [5, 5.41) is 10.1. The molecule has 0 unspecified atom stereocenters. The topological polar surface area (TPSA) is 49.7 Å². The van der Waals surface area contributed by atoms with E-state index in [1.54, 1.807) is 36.0 Å². The second kappa shape index (κ2) is 6.78. The van der Waals surface area contributed by atoms with Crippen molar-refractivity contribution in [1.82, 2.24) is 0 Å². The zero-order valence-corrected chi connectivity index (χ0v) is 15.3. The molecule has 0 saturated heterocycles. The van der Waals surface area contributed by atoms with E-state index in [1.807, 2.05) is 12.1 Å². The van der Waals surface area contributed by atoms with E-state index in [0.717, 1.165) is 28.3 Å². The highest BCUT2D eigenvalue weighted by Gasteiger charge is 2.29. The molecule has 0 amide bonds. The van der Waals surface area contributed by atoms with Gasteiger partial charge >= 0.3 is 5.97 Å². The molecule has 3 nitrogen and oxygen atoms in total. The van der Waals surface area contributed by atoms with Crippen LogP contribution in [0.3, 0.4) is 0 Å². The van der Waals surface area contributed by atoms with E-state index in [0.29, 0.717) is 0 Å². The number of fused-ring (bicyclic) bond motifs is 1. The van der Waals surface area contributed by atoms with Crippen molar-refractivity contribution in [3.8, 4) is 11.8 Å². The quantitative estimate of drug-likeness (QED) is 0.748. The zero-order chi connectivity index (χ0) is 18.0. The van der Waals surface area contributed by atoms with Crippen LogP contribution in [0.25, 0.3) is 0 Å². The maximum atomic E-state index is 10.9. The van der Waals surface area contributed by atoms with Crippen molar-refractivity contribution in [2.45, 2.75) is 25.7 Å². The maximum Gasteiger partial charge on any atom is 0.335 e. The van der Waals surface area contributed by atoms with E-state index in [4.69, 9.17) is 10.1 Å². The summed E-state index contributed by atoms with van der Waals surface area (Å²) in [5.74, 6) is 5.34. The predicted octanol–water partition coefficient (Wildman–Crippen LogP) is 4.86. The minimum Gasteiger partial charge on any atom is -0.478 e. The molecule has 0 atom stereocenters. The first-order chi connectivity index (χ1) is 11.9. The fourth-order valence-corrected chi connectivity index (χ4v) is 3.55. The van der Waals surface area contributed by atoms with Gasteiger partial charge in [0.2, 0.25) is 0 Å². The summed E-state index contributed by atoms with van der Waals surface area (Å²) in [7, 11) is 0. The molecule has 4 heteroatoms. The summed E-state index contributed by atoms with van der Waals surface area (Å²) in [6, 6.07) is 12.7. The van der Waals surface area contributed by atoms with Gasteiger partial charge in [0, 0.05) is 17.5 Å². The minimum absolute atomic E-state index is 0.0379. The molecule has 0 saturated carbocycles. The van der Waals surface area contributed by atoms with Gasteiger partial charge in [0.1, 0.15) is 0 Å². The molecule has 1 N–H and O–H groups in total. The Morgan fingerprint density at radius 2 is 1.76 bits per heavy atom. The average molecular weight is 349 g/mol. The number of nitrogens with zero attached hydrogens (tertiary/aromatic N) is 1. The number of aromatic carboxylic acids is 1. The van der Waals surface area contributed by atoms with Crippen LogP contribution in [0.4, 0.5) is 5.69 Å². The molecular weight excluding hydrogens is 330 g/mol. The highest BCUT2D eigenvalue weighted by Crippen LogP contribution is 2.41. The highest BCUT2D eigenvalue weighted by molar-refractivity contribution is 8.13. The number of carboxylic acid groups (broad SMARTS) is 1. The molecule has 3 rings (SSSR count). The molecule has 126 valence electrons. The largest absolute Gasteiger partial charge is 0.478 e. The fourth-order valence-electron chi connectivity index (χ4n) is 2.86. The Hall–Kier alpha value is -2.51. The molecule has 25 heavy (non-hydrogen) atoms. The molecule has 1 aliphatic rings. The summed E-state index contributed by atoms with van der Waals surface area (Å²) in [4.78, 5) is 15.6. The number of hydrogen-bond acceptors (Lipinski definition) is 3. The van der Waals surface area contributed by atoms with Crippen LogP contribution in [0, 0.1) is 11.8 Å². The normalized spacial score (nSPS) is 14.8. The number of aliphatic imine (C=N–C) groups is 1. The van der Waals surface area contributed by atoms with E-state index >= 15 is 0 Å². The van der Waals surface area contributed by atoms with Crippen molar-refractivity contribution in [3.05, 3.63) is 64.7 Å². The van der Waals surface area contributed by atoms with Crippen molar-refractivity contribution in [1.29, 1.82) is 0 Å². The smallest absolute Gasteiger partial charge is 0.335 e. The second-order valence-corrected chi connectivity index (χ2v) is 7.51. The van der Waals surface area contributed by atoms with Crippen LogP contribution in [0.5, 0.6) is 0 Å². The number of hydrogen-bond donors (Lipinski definition) is 1.